The van der Waals surface area contributed by atoms with Gasteiger partial charge in [-0.2, -0.15) is 0 Å². The molecule has 0 aromatic heterocycles. The molecule has 13 heavy (non-hydrogen) atoms. The Kier molecular flexibility index (Phi) is 3.38. The molecule has 0 amide bonds. The van der Waals surface area contributed by atoms with Gasteiger partial charge in [-0.15, -0.1) is 0 Å². The summed E-state index contributed by atoms with van der Waals surface area (Å²) in [6.07, 6.45) is 0.392. The lowest BCUT2D eigenvalue weighted by Gasteiger charge is -1.96. The van der Waals surface area contributed by atoms with Gasteiger partial charge in [0.1, 0.15) is 0 Å². The molecule has 0 N–H and O–H groups in total. The molecule has 0 fully saturated rings. The first-order valence-corrected chi connectivity index (χ1v) is 5.38. The van der Waals surface area contributed by atoms with Crippen molar-refractivity contribution in [1.29, 1.82) is 0 Å². The van der Waals surface area contributed by atoms with E-state index in [-0.39, 0.29) is 5.75 Å². The summed E-state index contributed by atoms with van der Waals surface area (Å²) in [6, 6.07) is 4.57. The lowest BCUT2D eigenvalue weighted by atomic mass is 10.2. The third-order valence-corrected chi connectivity index (χ3v) is 2.46. The van der Waals surface area contributed by atoms with Gasteiger partial charge in [-0.1, -0.05) is 6.07 Å². The third-order valence-electron chi connectivity index (χ3n) is 1.55. The van der Waals surface area contributed by atoms with Crippen LogP contribution in [0.4, 0.5) is 4.39 Å². The van der Waals surface area contributed by atoms with Crippen molar-refractivity contribution in [3.8, 4) is 5.75 Å². The molecule has 0 heterocycles. The van der Waals surface area contributed by atoms with Crippen LogP contribution in [-0.2, 0) is 4.57 Å². The molecule has 0 aliphatic carbocycles. The summed E-state index contributed by atoms with van der Waals surface area (Å²) < 4.78 is 29.0. The Labute approximate surface area is 77.6 Å². The molecule has 0 radical (unpaired) electrons. The van der Waals surface area contributed by atoms with Crippen LogP contribution in [0.3, 0.4) is 0 Å². The number of halogens is 1. The van der Waals surface area contributed by atoms with E-state index in [2.05, 4.69) is 0 Å². The molecule has 1 aromatic carbocycles. The summed E-state index contributed by atoms with van der Waals surface area (Å²) in [6.45, 7) is 3.51. The Morgan fingerprint density at radius 1 is 1.54 bits per heavy atom. The fourth-order valence-corrected chi connectivity index (χ4v) is 1.35. The quantitative estimate of drug-likeness (QED) is 0.701. The molecule has 0 aliphatic rings. The Morgan fingerprint density at radius 2 is 2.23 bits per heavy atom. The zero-order valence-electron chi connectivity index (χ0n) is 7.58. The van der Waals surface area contributed by atoms with Crippen LogP contribution >= 0.6 is 8.03 Å². The number of hydrogen-bond acceptors (Lipinski definition) is 2. The van der Waals surface area contributed by atoms with Crippen LogP contribution in [0.5, 0.6) is 5.75 Å². The van der Waals surface area contributed by atoms with Crippen molar-refractivity contribution in [2.24, 2.45) is 0 Å². The second-order valence-corrected chi connectivity index (χ2v) is 4.15. The standard InChI is InChI=1S/C9H11FO2P/c1-3-13(11)12-9-5-4-7(2)6-8(9)10/h4-6H,3H2,1-2H3/q+1. The fraction of sp³-hybridized carbons (Fsp3) is 0.333. The maximum absolute atomic E-state index is 13.1. The van der Waals surface area contributed by atoms with Gasteiger partial charge in [0, 0.05) is 0 Å². The van der Waals surface area contributed by atoms with Gasteiger partial charge in [0.15, 0.2) is 12.0 Å². The van der Waals surface area contributed by atoms with E-state index in [0.717, 1.165) is 5.56 Å². The van der Waals surface area contributed by atoms with Gasteiger partial charge >= 0.3 is 8.03 Å². The van der Waals surface area contributed by atoms with Crippen LogP contribution in [0, 0.1) is 12.7 Å². The maximum Gasteiger partial charge on any atom is 0.555 e. The van der Waals surface area contributed by atoms with Gasteiger partial charge in [-0.05, 0) is 36.1 Å². The van der Waals surface area contributed by atoms with Gasteiger partial charge in [-0.25, -0.2) is 4.39 Å². The summed E-state index contributed by atoms with van der Waals surface area (Å²) in [5.74, 6) is -0.398. The highest BCUT2D eigenvalue weighted by molar-refractivity contribution is 7.39. The molecule has 1 aromatic rings. The normalized spacial score (nSPS) is 11.2. The smallest absolute Gasteiger partial charge is 0.251 e. The minimum Gasteiger partial charge on any atom is -0.251 e. The van der Waals surface area contributed by atoms with Gasteiger partial charge in [-0.3, -0.25) is 4.52 Å². The van der Waals surface area contributed by atoms with Crippen molar-refractivity contribution in [3.05, 3.63) is 29.6 Å². The third kappa shape index (κ3) is 2.78. The van der Waals surface area contributed by atoms with Crippen LogP contribution in [0.25, 0.3) is 0 Å². The highest BCUT2D eigenvalue weighted by Crippen LogP contribution is 2.28. The zero-order valence-corrected chi connectivity index (χ0v) is 8.48. The van der Waals surface area contributed by atoms with E-state index in [1.54, 1.807) is 19.9 Å². The van der Waals surface area contributed by atoms with Crippen molar-refractivity contribution >= 4 is 8.03 Å². The van der Waals surface area contributed by atoms with E-state index >= 15 is 0 Å². The van der Waals surface area contributed by atoms with Crippen molar-refractivity contribution < 1.29 is 13.5 Å². The monoisotopic (exact) mass is 201 g/mol. The average Bonchev–Trinajstić information content (AvgIpc) is 2.09. The van der Waals surface area contributed by atoms with Crippen molar-refractivity contribution in [2.75, 3.05) is 6.16 Å². The average molecular weight is 201 g/mol. The lowest BCUT2D eigenvalue weighted by Crippen LogP contribution is -1.87. The van der Waals surface area contributed by atoms with E-state index in [4.69, 9.17) is 4.52 Å². The summed E-state index contributed by atoms with van der Waals surface area (Å²) in [5, 5.41) is 0. The van der Waals surface area contributed by atoms with Crippen LogP contribution in [0.15, 0.2) is 18.2 Å². The van der Waals surface area contributed by atoms with E-state index in [1.165, 1.54) is 12.1 Å². The predicted molar refractivity (Wildman–Crippen MR) is 49.9 cm³/mol. The highest BCUT2D eigenvalue weighted by Gasteiger charge is 2.17. The first-order valence-electron chi connectivity index (χ1n) is 4.02. The molecule has 1 rings (SSSR count). The fourth-order valence-electron chi connectivity index (χ4n) is 0.854. The second-order valence-electron chi connectivity index (χ2n) is 2.67. The first kappa shape index (κ1) is 10.1. The van der Waals surface area contributed by atoms with Crippen molar-refractivity contribution in [3.63, 3.8) is 0 Å². The number of hydrogen-bond donors (Lipinski definition) is 0. The topological polar surface area (TPSA) is 26.3 Å². The molecule has 0 spiro atoms. The van der Waals surface area contributed by atoms with Crippen LogP contribution < -0.4 is 4.52 Å². The zero-order chi connectivity index (χ0) is 9.84. The summed E-state index contributed by atoms with van der Waals surface area (Å²) in [4.78, 5) is 0. The molecule has 0 saturated carbocycles. The largest absolute Gasteiger partial charge is 0.555 e. The molecular formula is C9H11FO2P+. The van der Waals surface area contributed by atoms with Gasteiger partial charge in [0.25, 0.3) is 0 Å². The van der Waals surface area contributed by atoms with Crippen LogP contribution in [0.1, 0.15) is 12.5 Å². The van der Waals surface area contributed by atoms with Crippen LogP contribution in [-0.4, -0.2) is 6.16 Å². The second kappa shape index (κ2) is 4.33. The number of rotatable bonds is 3. The Bertz CT molecular complexity index is 325. The first-order chi connectivity index (χ1) is 6.13. The molecule has 0 bridgehead atoms. The Morgan fingerprint density at radius 3 is 2.77 bits per heavy atom. The molecule has 1 unspecified atom stereocenters. The minimum absolute atomic E-state index is 0.0635. The molecule has 1 atom stereocenters. The Balaban J connectivity index is 2.83. The molecule has 0 aliphatic heterocycles. The van der Waals surface area contributed by atoms with Crippen molar-refractivity contribution in [2.45, 2.75) is 13.8 Å². The summed E-state index contributed by atoms with van der Waals surface area (Å²) in [7, 11) is -1.77. The lowest BCUT2D eigenvalue weighted by molar-refractivity contribution is 0.478. The summed E-state index contributed by atoms with van der Waals surface area (Å²) in [5.41, 5.74) is 0.816. The number of benzene rings is 1. The predicted octanol–water partition coefficient (Wildman–Crippen LogP) is 3.28. The molecular weight excluding hydrogens is 190 g/mol. The molecule has 4 heteroatoms. The van der Waals surface area contributed by atoms with E-state index in [0.29, 0.717) is 6.16 Å². The maximum atomic E-state index is 13.1. The molecule has 0 saturated heterocycles. The Hall–Kier alpha value is -0.950. The van der Waals surface area contributed by atoms with E-state index in [1.807, 2.05) is 0 Å². The highest BCUT2D eigenvalue weighted by atomic mass is 31.1. The SMILES string of the molecule is CC[P+](=O)Oc1ccc(C)cc1F. The van der Waals surface area contributed by atoms with Crippen molar-refractivity contribution in [1.82, 2.24) is 0 Å². The molecule has 70 valence electrons. The van der Waals surface area contributed by atoms with Crippen LogP contribution in [0.2, 0.25) is 0 Å². The molecule has 2 nitrogen and oxygen atoms in total. The summed E-state index contributed by atoms with van der Waals surface area (Å²) >= 11 is 0. The van der Waals surface area contributed by atoms with E-state index < -0.39 is 13.8 Å². The minimum atomic E-state index is -1.77. The van der Waals surface area contributed by atoms with Gasteiger partial charge in [0.2, 0.25) is 5.75 Å². The van der Waals surface area contributed by atoms with Gasteiger partial charge in [0.05, 0.1) is 0 Å². The van der Waals surface area contributed by atoms with Gasteiger partial charge < -0.3 is 0 Å². The number of aryl methyl sites for hydroxylation is 1. The van der Waals surface area contributed by atoms with E-state index in [9.17, 15) is 8.96 Å².